The van der Waals surface area contributed by atoms with Crippen molar-refractivity contribution >= 4 is 11.6 Å². The molecule has 0 radical (unpaired) electrons. The Kier molecular flexibility index (Phi) is 4.57. The summed E-state index contributed by atoms with van der Waals surface area (Å²) in [5.74, 6) is 2.23. The lowest BCUT2D eigenvalue weighted by atomic mass is 10.1. The van der Waals surface area contributed by atoms with Crippen LogP contribution < -0.4 is 0 Å². The second kappa shape index (κ2) is 6.82. The molecule has 4 rings (SSSR count). The van der Waals surface area contributed by atoms with Crippen molar-refractivity contribution in [1.29, 1.82) is 0 Å². The Morgan fingerprint density at radius 3 is 3.08 bits per heavy atom. The highest BCUT2D eigenvalue weighted by molar-refractivity contribution is 6.30. The Morgan fingerprint density at radius 2 is 2.21 bits per heavy atom. The highest BCUT2D eigenvalue weighted by Crippen LogP contribution is 2.28. The van der Waals surface area contributed by atoms with Crippen molar-refractivity contribution in [2.75, 3.05) is 13.2 Å². The van der Waals surface area contributed by atoms with Gasteiger partial charge in [0.15, 0.2) is 0 Å². The zero-order valence-corrected chi connectivity index (χ0v) is 14.7. The average molecular weight is 347 g/mol. The maximum Gasteiger partial charge on any atom is 0.147 e. The van der Waals surface area contributed by atoms with E-state index < -0.39 is 0 Å². The minimum absolute atomic E-state index is 0.0589. The molecule has 128 valence electrons. The number of aromatic nitrogens is 3. The molecule has 3 heterocycles. The first-order valence-electron chi connectivity index (χ1n) is 8.73. The van der Waals surface area contributed by atoms with Crippen LogP contribution in [0.1, 0.15) is 43.1 Å². The van der Waals surface area contributed by atoms with Crippen LogP contribution in [0.4, 0.5) is 0 Å². The molecular formula is C18H23ClN4O. The van der Waals surface area contributed by atoms with Gasteiger partial charge in [-0.05, 0) is 37.5 Å². The van der Waals surface area contributed by atoms with Crippen LogP contribution in [0.5, 0.6) is 0 Å². The molecule has 0 saturated carbocycles. The van der Waals surface area contributed by atoms with Crippen LogP contribution in [-0.2, 0) is 24.2 Å². The third-order valence-electron chi connectivity index (χ3n) is 5.06. The van der Waals surface area contributed by atoms with E-state index in [4.69, 9.17) is 16.3 Å². The van der Waals surface area contributed by atoms with Gasteiger partial charge in [-0.2, -0.15) is 0 Å². The van der Waals surface area contributed by atoms with Gasteiger partial charge in [-0.3, -0.25) is 4.90 Å². The van der Waals surface area contributed by atoms with E-state index in [0.717, 1.165) is 54.9 Å². The Morgan fingerprint density at radius 1 is 1.29 bits per heavy atom. The van der Waals surface area contributed by atoms with Gasteiger partial charge in [-0.25, -0.2) is 0 Å². The normalized spacial score (nSPS) is 24.8. The number of hydrogen-bond donors (Lipinski definition) is 0. The summed E-state index contributed by atoms with van der Waals surface area (Å²) in [4.78, 5) is 2.45. The summed E-state index contributed by atoms with van der Waals surface area (Å²) in [6, 6.07) is 8.34. The molecule has 0 bridgehead atoms. The predicted octanol–water partition coefficient (Wildman–Crippen LogP) is 3.23. The fourth-order valence-corrected chi connectivity index (χ4v) is 3.80. The van der Waals surface area contributed by atoms with Crippen LogP contribution in [0.3, 0.4) is 0 Å². The molecule has 2 unspecified atom stereocenters. The van der Waals surface area contributed by atoms with E-state index in [1.807, 2.05) is 18.2 Å². The van der Waals surface area contributed by atoms with E-state index >= 15 is 0 Å². The fraction of sp³-hybridized carbons (Fsp3) is 0.556. The molecule has 1 fully saturated rings. The lowest BCUT2D eigenvalue weighted by Crippen LogP contribution is -2.45. The lowest BCUT2D eigenvalue weighted by Gasteiger charge is -2.38. The molecule has 1 aromatic carbocycles. The Labute approximate surface area is 147 Å². The van der Waals surface area contributed by atoms with Gasteiger partial charge >= 0.3 is 0 Å². The van der Waals surface area contributed by atoms with Gasteiger partial charge in [0, 0.05) is 30.6 Å². The van der Waals surface area contributed by atoms with Crippen LogP contribution in [0.2, 0.25) is 5.02 Å². The molecule has 0 spiro atoms. The molecule has 2 aliphatic rings. The van der Waals surface area contributed by atoms with Gasteiger partial charge in [0.25, 0.3) is 0 Å². The molecule has 1 saturated heterocycles. The largest absolute Gasteiger partial charge is 0.371 e. The number of nitrogens with zero attached hydrogens (tertiary/aromatic N) is 4. The highest BCUT2D eigenvalue weighted by Gasteiger charge is 2.29. The van der Waals surface area contributed by atoms with Gasteiger partial charge < -0.3 is 9.30 Å². The molecule has 2 atom stereocenters. The highest BCUT2D eigenvalue weighted by atomic mass is 35.5. The average Bonchev–Trinajstić information content (AvgIpc) is 3.00. The minimum Gasteiger partial charge on any atom is -0.371 e. The molecule has 0 aliphatic carbocycles. The van der Waals surface area contributed by atoms with Crippen molar-refractivity contribution in [1.82, 2.24) is 19.7 Å². The molecule has 6 heteroatoms. The van der Waals surface area contributed by atoms with E-state index in [9.17, 15) is 0 Å². The molecule has 5 nitrogen and oxygen atoms in total. The third-order valence-corrected chi connectivity index (χ3v) is 5.30. The summed E-state index contributed by atoms with van der Waals surface area (Å²) in [5.41, 5.74) is 1.14. The summed E-state index contributed by atoms with van der Waals surface area (Å²) in [5, 5.41) is 9.58. The van der Waals surface area contributed by atoms with Crippen molar-refractivity contribution in [2.24, 2.45) is 0 Å². The molecule has 24 heavy (non-hydrogen) atoms. The maximum atomic E-state index is 6.13. The van der Waals surface area contributed by atoms with Crippen LogP contribution in [0.15, 0.2) is 24.3 Å². The SMILES string of the molecule is CC1COC(c2cccc(Cl)c2)CN1Cc1nnc2n1CCCC2. The quantitative estimate of drug-likeness (QED) is 0.855. The summed E-state index contributed by atoms with van der Waals surface area (Å²) >= 11 is 6.13. The van der Waals surface area contributed by atoms with Crippen molar-refractivity contribution in [3.05, 3.63) is 46.5 Å². The molecule has 0 amide bonds. The van der Waals surface area contributed by atoms with Gasteiger partial charge in [-0.15, -0.1) is 10.2 Å². The Balaban J connectivity index is 1.50. The van der Waals surface area contributed by atoms with Crippen LogP contribution in [0, 0.1) is 0 Å². The minimum atomic E-state index is 0.0589. The van der Waals surface area contributed by atoms with Crippen LogP contribution in [0.25, 0.3) is 0 Å². The molecule has 0 N–H and O–H groups in total. The first kappa shape index (κ1) is 16.1. The monoisotopic (exact) mass is 346 g/mol. The van der Waals surface area contributed by atoms with E-state index in [0.29, 0.717) is 6.04 Å². The first-order valence-corrected chi connectivity index (χ1v) is 9.10. The fourth-order valence-electron chi connectivity index (χ4n) is 3.60. The third kappa shape index (κ3) is 3.21. The molecule has 2 aliphatic heterocycles. The standard InChI is InChI=1S/C18H23ClN4O/c1-13-12-24-16(14-5-4-6-15(19)9-14)10-22(13)11-18-21-20-17-7-2-3-8-23(17)18/h4-6,9,13,16H,2-3,7-8,10-12H2,1H3. The second-order valence-electron chi connectivity index (χ2n) is 6.80. The van der Waals surface area contributed by atoms with Crippen LogP contribution >= 0.6 is 11.6 Å². The van der Waals surface area contributed by atoms with Crippen molar-refractivity contribution in [3.63, 3.8) is 0 Å². The zero-order valence-electron chi connectivity index (χ0n) is 14.0. The topological polar surface area (TPSA) is 43.2 Å². The number of hydrogen-bond acceptors (Lipinski definition) is 4. The van der Waals surface area contributed by atoms with Crippen LogP contribution in [-0.4, -0.2) is 38.9 Å². The van der Waals surface area contributed by atoms with Crippen molar-refractivity contribution < 1.29 is 4.74 Å². The maximum absolute atomic E-state index is 6.13. The molecule has 2 aromatic rings. The van der Waals surface area contributed by atoms with Gasteiger partial charge in [0.05, 0.1) is 19.3 Å². The molecule has 1 aromatic heterocycles. The number of halogens is 1. The van der Waals surface area contributed by atoms with Gasteiger partial charge in [0.2, 0.25) is 0 Å². The lowest BCUT2D eigenvalue weighted by molar-refractivity contribution is -0.0644. The summed E-state index contributed by atoms with van der Waals surface area (Å²) in [7, 11) is 0. The van der Waals surface area contributed by atoms with E-state index in [2.05, 4.69) is 32.7 Å². The van der Waals surface area contributed by atoms with E-state index in [1.54, 1.807) is 0 Å². The van der Waals surface area contributed by atoms with Crippen molar-refractivity contribution in [3.8, 4) is 0 Å². The number of aryl methyl sites for hydroxylation is 1. The van der Waals surface area contributed by atoms with Gasteiger partial charge in [-0.1, -0.05) is 23.7 Å². The molecular weight excluding hydrogens is 324 g/mol. The smallest absolute Gasteiger partial charge is 0.147 e. The summed E-state index contributed by atoms with van der Waals surface area (Å²) in [6.07, 6.45) is 3.56. The second-order valence-corrected chi connectivity index (χ2v) is 7.23. The number of morpholine rings is 1. The first-order chi connectivity index (χ1) is 11.7. The van der Waals surface area contributed by atoms with Gasteiger partial charge in [0.1, 0.15) is 11.6 Å². The Hall–Kier alpha value is -1.43. The zero-order chi connectivity index (χ0) is 16.5. The predicted molar refractivity (Wildman–Crippen MR) is 93.0 cm³/mol. The van der Waals surface area contributed by atoms with Crippen molar-refractivity contribution in [2.45, 2.75) is 51.4 Å². The number of ether oxygens (including phenoxy) is 1. The van der Waals surface area contributed by atoms with E-state index in [1.165, 1.54) is 12.8 Å². The Bertz CT molecular complexity index is 717. The summed E-state index contributed by atoms with van der Waals surface area (Å²) in [6.45, 7) is 5.66. The summed E-state index contributed by atoms with van der Waals surface area (Å²) < 4.78 is 8.36. The number of rotatable bonds is 3. The number of benzene rings is 1. The number of fused-ring (bicyclic) bond motifs is 1. The van der Waals surface area contributed by atoms with E-state index in [-0.39, 0.29) is 6.10 Å².